The highest BCUT2D eigenvalue weighted by Gasteiger charge is 2.27. The maximum atomic E-state index is 12.8. The van der Waals surface area contributed by atoms with Crippen LogP contribution in [-0.2, 0) is 16.1 Å². The lowest BCUT2D eigenvalue weighted by Gasteiger charge is -2.37. The first-order chi connectivity index (χ1) is 22.2. The van der Waals surface area contributed by atoms with Gasteiger partial charge in [-0.05, 0) is 73.5 Å². The van der Waals surface area contributed by atoms with Crippen LogP contribution in [-0.4, -0.2) is 85.9 Å². The summed E-state index contributed by atoms with van der Waals surface area (Å²) in [5, 5.41) is 0.704. The molecule has 3 aliphatic rings. The number of anilines is 1. The highest BCUT2D eigenvalue weighted by Crippen LogP contribution is 2.28. The summed E-state index contributed by atoms with van der Waals surface area (Å²) in [7, 11) is 1.60. The molecule has 2 heterocycles. The van der Waals surface area contributed by atoms with Gasteiger partial charge in [-0.3, -0.25) is 14.5 Å². The van der Waals surface area contributed by atoms with Gasteiger partial charge < -0.3 is 19.4 Å². The van der Waals surface area contributed by atoms with Crippen LogP contribution in [0.1, 0.15) is 35.7 Å². The minimum Gasteiger partial charge on any atom is -0.500 e. The summed E-state index contributed by atoms with van der Waals surface area (Å²) in [5.41, 5.74) is 4.95. The Morgan fingerprint density at radius 1 is 0.935 bits per heavy atom. The molecule has 0 unspecified atom stereocenters. The van der Waals surface area contributed by atoms with Crippen molar-refractivity contribution in [3.05, 3.63) is 124 Å². The second kappa shape index (κ2) is 17.4. The molecule has 0 aromatic heterocycles. The van der Waals surface area contributed by atoms with Gasteiger partial charge in [0, 0.05) is 91.8 Å². The van der Waals surface area contributed by atoms with Gasteiger partial charge in [0.05, 0.1) is 12.7 Å². The summed E-state index contributed by atoms with van der Waals surface area (Å²) in [6.07, 6.45) is 8.64. The van der Waals surface area contributed by atoms with Crippen LogP contribution in [0.25, 0.3) is 0 Å². The average molecular weight is 708 g/mol. The lowest BCUT2D eigenvalue weighted by molar-refractivity contribution is -0.128. The SMILES string of the molecule is C=C/C=C(\C=C)N1CCN(C(=O)C2=C(OC)CCC(Cl)=C2)CC1.CC(=O)c1ccc(N2CCN(Cc3cccc(Br)c3)CC2)cc1. The predicted octanol–water partition coefficient (Wildman–Crippen LogP) is 7.18. The number of ether oxygens (including phenoxy) is 1. The first-order valence-corrected chi connectivity index (χ1v) is 16.8. The Balaban J connectivity index is 0.000000209. The van der Waals surface area contributed by atoms with E-state index >= 15 is 0 Å². The Kier molecular flexibility index (Phi) is 13.3. The van der Waals surface area contributed by atoms with Crippen LogP contribution in [0.5, 0.6) is 0 Å². The van der Waals surface area contributed by atoms with Crippen LogP contribution < -0.4 is 4.90 Å². The van der Waals surface area contributed by atoms with E-state index in [1.54, 1.807) is 26.2 Å². The molecular weight excluding hydrogens is 664 g/mol. The smallest absolute Gasteiger partial charge is 0.257 e. The van der Waals surface area contributed by atoms with Gasteiger partial charge in [-0.25, -0.2) is 0 Å². The van der Waals surface area contributed by atoms with Crippen LogP contribution in [0, 0.1) is 0 Å². The molecule has 2 aliphatic heterocycles. The molecular formula is C37H44BrClN4O3. The number of Topliss-reactive ketones (excluding diaryl/α,β-unsaturated/α-hetero) is 1. The molecule has 0 saturated carbocycles. The minimum atomic E-state index is -0.00722. The van der Waals surface area contributed by atoms with E-state index in [-0.39, 0.29) is 11.7 Å². The summed E-state index contributed by atoms with van der Waals surface area (Å²) >= 11 is 9.63. The number of ketones is 1. The van der Waals surface area contributed by atoms with Crippen molar-refractivity contribution in [1.82, 2.24) is 14.7 Å². The van der Waals surface area contributed by atoms with Gasteiger partial charge in [0.25, 0.3) is 5.91 Å². The van der Waals surface area contributed by atoms with E-state index in [0.717, 1.165) is 73.7 Å². The van der Waals surface area contributed by atoms with Crippen LogP contribution in [0.3, 0.4) is 0 Å². The van der Waals surface area contributed by atoms with Crippen molar-refractivity contribution in [3.8, 4) is 0 Å². The second-order valence-corrected chi connectivity index (χ2v) is 12.8. The summed E-state index contributed by atoms with van der Waals surface area (Å²) in [5.74, 6) is 0.836. The number of hydrogen-bond acceptors (Lipinski definition) is 6. The van der Waals surface area contributed by atoms with Crippen molar-refractivity contribution in [2.45, 2.75) is 26.3 Å². The van der Waals surface area contributed by atoms with Crippen molar-refractivity contribution >= 4 is 44.9 Å². The van der Waals surface area contributed by atoms with Gasteiger partial charge in [-0.2, -0.15) is 0 Å². The van der Waals surface area contributed by atoms with Crippen LogP contribution >= 0.6 is 27.5 Å². The maximum absolute atomic E-state index is 12.8. The molecule has 46 heavy (non-hydrogen) atoms. The summed E-state index contributed by atoms with van der Waals surface area (Å²) in [4.78, 5) is 33.0. The summed E-state index contributed by atoms with van der Waals surface area (Å²) in [6.45, 7) is 17.2. The number of rotatable bonds is 9. The molecule has 2 aromatic carbocycles. The lowest BCUT2D eigenvalue weighted by atomic mass is 10.0. The molecule has 0 N–H and O–H groups in total. The third-order valence-electron chi connectivity index (χ3n) is 8.41. The number of piperazine rings is 2. The van der Waals surface area contributed by atoms with Crippen LogP contribution in [0.2, 0.25) is 0 Å². The van der Waals surface area contributed by atoms with Crippen molar-refractivity contribution in [3.63, 3.8) is 0 Å². The quantitative estimate of drug-likeness (QED) is 0.204. The van der Waals surface area contributed by atoms with Gasteiger partial charge in [-0.15, -0.1) is 0 Å². The fourth-order valence-electron chi connectivity index (χ4n) is 5.80. The molecule has 2 aromatic rings. The van der Waals surface area contributed by atoms with E-state index in [0.29, 0.717) is 30.1 Å². The number of allylic oxidation sites excluding steroid dienone is 5. The Morgan fingerprint density at radius 2 is 1.61 bits per heavy atom. The molecule has 0 radical (unpaired) electrons. The highest BCUT2D eigenvalue weighted by molar-refractivity contribution is 9.10. The molecule has 1 aliphatic carbocycles. The molecule has 0 bridgehead atoms. The number of methoxy groups -OCH3 is 1. The van der Waals surface area contributed by atoms with E-state index in [1.165, 1.54) is 11.3 Å². The zero-order valence-corrected chi connectivity index (χ0v) is 29.2. The van der Waals surface area contributed by atoms with Gasteiger partial charge in [0.1, 0.15) is 5.76 Å². The molecule has 1 amide bonds. The number of carbonyl (C=O) groups is 2. The molecule has 7 nitrogen and oxygen atoms in total. The topological polar surface area (TPSA) is 56.3 Å². The van der Waals surface area contributed by atoms with Crippen molar-refractivity contribution in [1.29, 1.82) is 0 Å². The number of carbonyl (C=O) groups excluding carboxylic acids is 2. The van der Waals surface area contributed by atoms with Gasteiger partial charge in [0.2, 0.25) is 0 Å². The second-order valence-electron chi connectivity index (χ2n) is 11.4. The lowest BCUT2D eigenvalue weighted by Crippen LogP contribution is -2.48. The zero-order chi connectivity index (χ0) is 33.1. The van der Waals surface area contributed by atoms with Crippen molar-refractivity contribution in [2.75, 3.05) is 64.4 Å². The van der Waals surface area contributed by atoms with Gasteiger partial charge >= 0.3 is 0 Å². The molecule has 5 rings (SSSR count). The molecule has 0 atom stereocenters. The molecule has 0 spiro atoms. The Morgan fingerprint density at radius 3 is 2.20 bits per heavy atom. The number of amides is 1. The van der Waals surface area contributed by atoms with Crippen molar-refractivity contribution in [2.24, 2.45) is 0 Å². The van der Waals surface area contributed by atoms with E-state index in [4.69, 9.17) is 16.3 Å². The van der Waals surface area contributed by atoms with E-state index < -0.39 is 0 Å². The highest BCUT2D eigenvalue weighted by atomic mass is 79.9. The monoisotopic (exact) mass is 706 g/mol. The molecule has 2 saturated heterocycles. The predicted molar refractivity (Wildman–Crippen MR) is 192 cm³/mol. The van der Waals surface area contributed by atoms with E-state index in [9.17, 15) is 9.59 Å². The third kappa shape index (κ3) is 9.71. The molecule has 2 fully saturated rings. The Bertz CT molecular complexity index is 1480. The number of nitrogens with zero attached hydrogens (tertiary/aromatic N) is 4. The van der Waals surface area contributed by atoms with Gasteiger partial charge in [0.15, 0.2) is 5.78 Å². The maximum Gasteiger partial charge on any atom is 0.257 e. The zero-order valence-electron chi connectivity index (χ0n) is 26.9. The number of halogens is 2. The van der Waals surface area contributed by atoms with Crippen LogP contribution in [0.4, 0.5) is 5.69 Å². The van der Waals surface area contributed by atoms with Crippen LogP contribution in [0.15, 0.2) is 113 Å². The van der Waals surface area contributed by atoms with Crippen molar-refractivity contribution < 1.29 is 14.3 Å². The first kappa shape index (κ1) is 35.3. The number of hydrogen-bond donors (Lipinski definition) is 0. The fraction of sp³-hybridized carbons (Fsp3) is 0.351. The van der Waals surface area contributed by atoms with E-state index in [1.807, 2.05) is 29.2 Å². The largest absolute Gasteiger partial charge is 0.500 e. The number of benzene rings is 2. The summed E-state index contributed by atoms with van der Waals surface area (Å²) < 4.78 is 6.50. The van der Waals surface area contributed by atoms with E-state index in [2.05, 4.69) is 80.2 Å². The molecule has 244 valence electrons. The normalized spacial score (nSPS) is 17.5. The average Bonchev–Trinajstić information content (AvgIpc) is 3.07. The first-order valence-electron chi connectivity index (χ1n) is 15.7. The van der Waals surface area contributed by atoms with Gasteiger partial charge in [-0.1, -0.05) is 58.9 Å². The standard InChI is InChI=1S/C19H21BrN2O.C18H23ClN2O2/c1-15(23)17-5-7-19(8-6-17)22-11-9-21(10-12-22)14-16-3-2-4-18(20)13-16;1-4-6-15(5-2)20-9-11-21(12-10-20)18(22)16-13-14(19)7-8-17(16)23-3/h2-8,13H,9-12,14H2,1H3;4-6,13H,1-2,7-12H2,3H3/b;15-6+. The molecule has 9 heteroatoms. The summed E-state index contributed by atoms with van der Waals surface area (Å²) in [6, 6.07) is 16.5. The fourth-order valence-corrected chi connectivity index (χ4v) is 6.45. The Hall–Kier alpha value is -3.59. The minimum absolute atomic E-state index is 0.00722. The third-order valence-corrected chi connectivity index (χ3v) is 9.20. The Labute approximate surface area is 287 Å².